The van der Waals surface area contributed by atoms with Crippen LogP contribution in [0.2, 0.25) is 0 Å². The molecule has 0 aliphatic rings. The zero-order chi connectivity index (χ0) is 18.6. The summed E-state index contributed by atoms with van der Waals surface area (Å²) in [5, 5.41) is 11.9. The Hall–Kier alpha value is -3.18. The highest BCUT2D eigenvalue weighted by molar-refractivity contribution is 5.79. The fraction of sp³-hybridized carbons (Fsp3) is 0.182. The van der Waals surface area contributed by atoms with E-state index in [1.165, 1.54) is 11.1 Å². The van der Waals surface area contributed by atoms with Crippen LogP contribution in [0.1, 0.15) is 11.1 Å². The van der Waals surface area contributed by atoms with Crippen molar-refractivity contribution in [2.24, 2.45) is 0 Å². The van der Waals surface area contributed by atoms with Crippen LogP contribution in [-0.4, -0.2) is 33.6 Å². The predicted molar refractivity (Wildman–Crippen MR) is 110 cm³/mol. The van der Waals surface area contributed by atoms with Crippen molar-refractivity contribution in [3.05, 3.63) is 84.2 Å². The topological polar surface area (TPSA) is 45.5 Å². The van der Waals surface area contributed by atoms with E-state index in [0.717, 1.165) is 35.7 Å². The molecule has 0 atom stereocenters. The molecule has 5 nitrogen and oxygen atoms in total. The average molecular weight is 357 g/mol. The lowest BCUT2D eigenvalue weighted by Gasteiger charge is -2.12. The van der Waals surface area contributed by atoms with E-state index < -0.39 is 0 Å². The summed E-state index contributed by atoms with van der Waals surface area (Å²) in [6, 6.07) is 23.2. The molecule has 27 heavy (non-hydrogen) atoms. The maximum absolute atomic E-state index is 4.35. The van der Waals surface area contributed by atoms with Crippen LogP contribution in [0.4, 0.5) is 5.82 Å². The van der Waals surface area contributed by atoms with E-state index in [0.29, 0.717) is 0 Å². The van der Waals surface area contributed by atoms with E-state index in [9.17, 15) is 0 Å². The summed E-state index contributed by atoms with van der Waals surface area (Å²) < 4.78 is 2.01. The monoisotopic (exact) mass is 357 g/mol. The quantitative estimate of drug-likeness (QED) is 0.565. The molecule has 136 valence electrons. The van der Waals surface area contributed by atoms with Crippen molar-refractivity contribution >= 4 is 11.5 Å². The van der Waals surface area contributed by atoms with Gasteiger partial charge in [0.15, 0.2) is 5.65 Å². The predicted octanol–water partition coefficient (Wildman–Crippen LogP) is 4.07. The lowest BCUT2D eigenvalue weighted by molar-refractivity contribution is 0.402. The molecule has 2 aromatic heterocycles. The highest BCUT2D eigenvalue weighted by Gasteiger charge is 2.10. The maximum Gasteiger partial charge on any atom is 0.170 e. The molecule has 0 unspecified atom stereocenters. The summed E-state index contributed by atoms with van der Waals surface area (Å²) in [5.74, 6) is 0.979. The van der Waals surface area contributed by atoms with Crippen LogP contribution in [0.5, 0.6) is 0 Å². The number of nitrogens with zero attached hydrogens (tertiary/aromatic N) is 4. The molecular weight excluding hydrogens is 334 g/mol. The minimum absolute atomic E-state index is 0.757. The Morgan fingerprint density at radius 3 is 2.41 bits per heavy atom. The van der Waals surface area contributed by atoms with Crippen molar-refractivity contribution in [2.75, 3.05) is 19.4 Å². The number of pyridine rings is 1. The first-order chi connectivity index (χ1) is 13.2. The average Bonchev–Trinajstić information content (AvgIpc) is 3.17. The molecule has 0 saturated heterocycles. The van der Waals surface area contributed by atoms with Crippen LogP contribution in [0.15, 0.2) is 73.1 Å². The normalized spacial score (nSPS) is 11.2. The Labute approximate surface area is 159 Å². The molecule has 0 aliphatic heterocycles. The van der Waals surface area contributed by atoms with Gasteiger partial charge in [-0.25, -0.2) is 0 Å². The summed E-state index contributed by atoms with van der Waals surface area (Å²) in [6.07, 6.45) is 1.76. The Morgan fingerprint density at radius 1 is 0.889 bits per heavy atom. The lowest BCUT2D eigenvalue weighted by atomic mass is 10.0. The van der Waals surface area contributed by atoms with Crippen LogP contribution in [0.3, 0.4) is 0 Å². The van der Waals surface area contributed by atoms with Gasteiger partial charge in [-0.3, -0.25) is 4.40 Å². The molecule has 5 heteroatoms. The van der Waals surface area contributed by atoms with Crippen molar-refractivity contribution in [2.45, 2.75) is 13.1 Å². The van der Waals surface area contributed by atoms with E-state index in [1.54, 1.807) is 6.33 Å². The summed E-state index contributed by atoms with van der Waals surface area (Å²) >= 11 is 0. The molecule has 4 rings (SSSR count). The molecule has 2 aromatic carbocycles. The third kappa shape index (κ3) is 3.83. The second-order valence-corrected chi connectivity index (χ2v) is 6.93. The van der Waals surface area contributed by atoms with Crippen molar-refractivity contribution in [1.82, 2.24) is 19.5 Å². The van der Waals surface area contributed by atoms with E-state index in [1.807, 2.05) is 10.5 Å². The smallest absolute Gasteiger partial charge is 0.170 e. The number of aromatic nitrogens is 3. The molecule has 0 spiro atoms. The van der Waals surface area contributed by atoms with Gasteiger partial charge < -0.3 is 10.2 Å². The van der Waals surface area contributed by atoms with E-state index in [2.05, 4.69) is 95.2 Å². The highest BCUT2D eigenvalue weighted by Crippen LogP contribution is 2.26. The van der Waals surface area contributed by atoms with Crippen LogP contribution < -0.4 is 5.32 Å². The molecular formula is C22H23N5. The Balaban J connectivity index is 1.61. The van der Waals surface area contributed by atoms with Gasteiger partial charge in [0, 0.05) is 18.7 Å². The number of fused-ring (bicyclic) bond motifs is 1. The van der Waals surface area contributed by atoms with Crippen molar-refractivity contribution in [3.63, 3.8) is 0 Å². The molecule has 0 saturated carbocycles. The molecule has 4 aromatic rings. The summed E-state index contributed by atoms with van der Waals surface area (Å²) in [7, 11) is 4.16. The maximum atomic E-state index is 4.35. The lowest BCUT2D eigenvalue weighted by Crippen LogP contribution is -2.10. The first-order valence-electron chi connectivity index (χ1n) is 9.05. The van der Waals surface area contributed by atoms with Gasteiger partial charge in [0.25, 0.3) is 0 Å². The fourth-order valence-corrected chi connectivity index (χ4v) is 3.22. The fourth-order valence-electron chi connectivity index (χ4n) is 3.22. The number of hydrogen-bond acceptors (Lipinski definition) is 4. The third-order valence-corrected chi connectivity index (χ3v) is 4.54. The number of benzene rings is 2. The minimum atomic E-state index is 0.757. The van der Waals surface area contributed by atoms with E-state index in [4.69, 9.17) is 0 Å². The Bertz CT molecular complexity index is 1020. The van der Waals surface area contributed by atoms with Crippen molar-refractivity contribution in [1.29, 1.82) is 0 Å². The SMILES string of the molecule is CN(C)Cc1ccc(-c2ccc(NCc3ccccc3)n3cnnc23)cc1. The Kier molecular flexibility index (Phi) is 4.85. The van der Waals surface area contributed by atoms with Gasteiger partial charge in [0.2, 0.25) is 0 Å². The molecule has 0 radical (unpaired) electrons. The zero-order valence-corrected chi connectivity index (χ0v) is 15.6. The van der Waals surface area contributed by atoms with E-state index >= 15 is 0 Å². The molecule has 1 N–H and O–H groups in total. The van der Waals surface area contributed by atoms with Crippen LogP contribution >= 0.6 is 0 Å². The summed E-state index contributed by atoms with van der Waals surface area (Å²) in [6.45, 7) is 1.69. The van der Waals surface area contributed by atoms with Crippen molar-refractivity contribution in [3.8, 4) is 11.1 Å². The highest BCUT2D eigenvalue weighted by atomic mass is 15.3. The van der Waals surface area contributed by atoms with Gasteiger partial charge in [0.05, 0.1) is 0 Å². The summed E-state index contributed by atoms with van der Waals surface area (Å²) in [4.78, 5) is 2.17. The number of hydrogen-bond donors (Lipinski definition) is 1. The first-order valence-corrected chi connectivity index (χ1v) is 9.05. The molecule has 2 heterocycles. The second kappa shape index (κ2) is 7.60. The molecule has 0 amide bonds. The van der Waals surface area contributed by atoms with Gasteiger partial charge >= 0.3 is 0 Å². The van der Waals surface area contributed by atoms with Crippen LogP contribution in [0.25, 0.3) is 16.8 Å². The standard InChI is InChI=1S/C22H23N5/c1-26(2)15-18-8-10-19(11-9-18)20-12-13-21(27-16-24-25-22(20)27)23-14-17-6-4-3-5-7-17/h3-13,16,23H,14-15H2,1-2H3. The summed E-state index contributed by atoms with van der Waals surface area (Å²) in [5.41, 5.74) is 5.61. The third-order valence-electron chi connectivity index (χ3n) is 4.54. The van der Waals surface area contributed by atoms with Gasteiger partial charge in [-0.15, -0.1) is 10.2 Å². The van der Waals surface area contributed by atoms with Gasteiger partial charge in [-0.05, 0) is 42.9 Å². The first kappa shape index (κ1) is 17.2. The van der Waals surface area contributed by atoms with Gasteiger partial charge in [-0.2, -0.15) is 0 Å². The number of nitrogens with one attached hydrogen (secondary N) is 1. The zero-order valence-electron chi connectivity index (χ0n) is 15.6. The molecule has 0 aliphatic carbocycles. The largest absolute Gasteiger partial charge is 0.367 e. The van der Waals surface area contributed by atoms with E-state index in [-0.39, 0.29) is 0 Å². The number of rotatable bonds is 6. The van der Waals surface area contributed by atoms with Crippen LogP contribution in [-0.2, 0) is 13.1 Å². The number of anilines is 1. The van der Waals surface area contributed by atoms with Crippen LogP contribution in [0, 0.1) is 0 Å². The van der Waals surface area contributed by atoms with Gasteiger partial charge in [0.1, 0.15) is 12.1 Å². The molecule has 0 bridgehead atoms. The van der Waals surface area contributed by atoms with Crippen molar-refractivity contribution < 1.29 is 0 Å². The minimum Gasteiger partial charge on any atom is -0.367 e. The Morgan fingerprint density at radius 2 is 1.67 bits per heavy atom. The second-order valence-electron chi connectivity index (χ2n) is 6.93. The molecule has 0 fully saturated rings. The van der Waals surface area contributed by atoms with Gasteiger partial charge in [-0.1, -0.05) is 54.6 Å².